The number of aryl methyl sites for hydroxylation is 2. The number of rotatable bonds is 7. The van der Waals surface area contributed by atoms with E-state index < -0.39 is 0 Å². The summed E-state index contributed by atoms with van der Waals surface area (Å²) in [6.45, 7) is 6.37. The van der Waals surface area contributed by atoms with Crippen LogP contribution >= 0.6 is 11.8 Å². The maximum absolute atomic E-state index is 4.61. The van der Waals surface area contributed by atoms with Crippen molar-refractivity contribution in [2.75, 3.05) is 25.6 Å². The van der Waals surface area contributed by atoms with Gasteiger partial charge in [-0.3, -0.25) is 4.68 Å². The van der Waals surface area contributed by atoms with Gasteiger partial charge in [-0.1, -0.05) is 0 Å². The van der Waals surface area contributed by atoms with Crippen LogP contribution in [-0.2, 0) is 13.0 Å². The molecule has 0 saturated heterocycles. The minimum atomic E-state index is 1.03. The maximum atomic E-state index is 4.61. The molecule has 0 bridgehead atoms. The topological polar surface area (TPSA) is 29.9 Å². The Hall–Kier alpha value is -0.480. The van der Waals surface area contributed by atoms with Crippen molar-refractivity contribution in [2.45, 2.75) is 33.2 Å². The van der Waals surface area contributed by atoms with Crippen molar-refractivity contribution in [3.8, 4) is 0 Å². The maximum Gasteiger partial charge on any atom is 0.0628 e. The van der Waals surface area contributed by atoms with Crippen LogP contribution in [-0.4, -0.2) is 35.4 Å². The first kappa shape index (κ1) is 13.6. The van der Waals surface area contributed by atoms with Crippen LogP contribution in [0.5, 0.6) is 0 Å². The van der Waals surface area contributed by atoms with Crippen LogP contribution in [0.2, 0.25) is 0 Å². The third kappa shape index (κ3) is 3.52. The lowest BCUT2D eigenvalue weighted by atomic mass is 10.1. The second-order valence-electron chi connectivity index (χ2n) is 4.07. The molecule has 0 aliphatic heterocycles. The van der Waals surface area contributed by atoms with Crippen molar-refractivity contribution >= 4 is 11.8 Å². The summed E-state index contributed by atoms with van der Waals surface area (Å²) in [5.74, 6) is 1.21. The first-order valence-electron chi connectivity index (χ1n) is 5.87. The van der Waals surface area contributed by atoms with E-state index in [4.69, 9.17) is 0 Å². The predicted molar refractivity (Wildman–Crippen MR) is 72.3 cm³/mol. The number of thioether (sulfide) groups is 1. The quantitative estimate of drug-likeness (QED) is 0.741. The van der Waals surface area contributed by atoms with Crippen LogP contribution in [0, 0.1) is 13.8 Å². The average molecular weight is 241 g/mol. The van der Waals surface area contributed by atoms with Gasteiger partial charge in [0.15, 0.2) is 0 Å². The smallest absolute Gasteiger partial charge is 0.0628 e. The van der Waals surface area contributed by atoms with Crippen LogP contribution in [0.1, 0.15) is 23.4 Å². The van der Waals surface area contributed by atoms with E-state index in [9.17, 15) is 0 Å². The molecule has 0 aromatic carbocycles. The summed E-state index contributed by atoms with van der Waals surface area (Å²) in [6, 6.07) is 0. The van der Waals surface area contributed by atoms with E-state index in [1.165, 1.54) is 29.1 Å². The van der Waals surface area contributed by atoms with Gasteiger partial charge in [0.2, 0.25) is 0 Å². The largest absolute Gasteiger partial charge is 0.319 e. The van der Waals surface area contributed by atoms with E-state index >= 15 is 0 Å². The molecule has 0 fully saturated rings. The van der Waals surface area contributed by atoms with Gasteiger partial charge in [-0.05, 0) is 57.9 Å². The lowest BCUT2D eigenvalue weighted by Crippen LogP contribution is -2.11. The molecule has 1 aromatic heterocycles. The monoisotopic (exact) mass is 241 g/mol. The summed E-state index contributed by atoms with van der Waals surface area (Å²) >= 11 is 1.90. The molecule has 1 aromatic rings. The molecule has 0 saturated carbocycles. The fourth-order valence-corrected chi connectivity index (χ4v) is 2.34. The van der Waals surface area contributed by atoms with Crippen molar-refractivity contribution in [1.29, 1.82) is 0 Å². The highest BCUT2D eigenvalue weighted by Crippen LogP contribution is 2.14. The highest BCUT2D eigenvalue weighted by atomic mass is 32.2. The van der Waals surface area contributed by atoms with Gasteiger partial charge in [0.1, 0.15) is 0 Å². The van der Waals surface area contributed by atoms with Crippen molar-refractivity contribution in [1.82, 2.24) is 15.1 Å². The van der Waals surface area contributed by atoms with E-state index in [1.807, 2.05) is 18.8 Å². The predicted octanol–water partition coefficient (Wildman–Crippen LogP) is 2.01. The van der Waals surface area contributed by atoms with Gasteiger partial charge < -0.3 is 5.32 Å². The molecule has 3 nitrogen and oxygen atoms in total. The number of nitrogens with one attached hydrogen (secondary N) is 1. The van der Waals surface area contributed by atoms with Crippen LogP contribution in [0.4, 0.5) is 0 Å². The summed E-state index contributed by atoms with van der Waals surface area (Å²) in [6.07, 6.45) is 4.44. The molecule has 0 unspecified atom stereocenters. The van der Waals surface area contributed by atoms with Gasteiger partial charge in [0, 0.05) is 12.2 Å². The zero-order valence-electron chi connectivity index (χ0n) is 10.8. The number of hydrogen-bond donors (Lipinski definition) is 1. The van der Waals surface area contributed by atoms with E-state index in [0.717, 1.165) is 19.5 Å². The Morgan fingerprint density at radius 1 is 1.38 bits per heavy atom. The lowest BCUT2D eigenvalue weighted by Gasteiger charge is -2.04. The Bertz CT molecular complexity index is 320. The summed E-state index contributed by atoms with van der Waals surface area (Å²) < 4.78 is 2.16. The van der Waals surface area contributed by atoms with Gasteiger partial charge in [-0.25, -0.2) is 0 Å². The van der Waals surface area contributed by atoms with Crippen LogP contribution in [0.3, 0.4) is 0 Å². The molecule has 1 N–H and O–H groups in total. The van der Waals surface area contributed by atoms with E-state index in [2.05, 4.69) is 35.2 Å². The molecule has 0 aliphatic carbocycles. The molecule has 16 heavy (non-hydrogen) atoms. The molecule has 1 rings (SSSR count). The first-order valence-corrected chi connectivity index (χ1v) is 7.26. The molecule has 0 amide bonds. The van der Waals surface area contributed by atoms with Crippen molar-refractivity contribution < 1.29 is 0 Å². The lowest BCUT2D eigenvalue weighted by molar-refractivity contribution is 0.585. The van der Waals surface area contributed by atoms with Crippen LogP contribution in [0.25, 0.3) is 0 Å². The average Bonchev–Trinajstić information content (AvgIpc) is 2.53. The zero-order valence-corrected chi connectivity index (χ0v) is 11.7. The molecule has 4 heteroatoms. The Kier molecular flexibility index (Phi) is 5.91. The molecule has 1 heterocycles. The van der Waals surface area contributed by atoms with E-state index in [1.54, 1.807) is 0 Å². The van der Waals surface area contributed by atoms with Crippen molar-refractivity contribution in [3.05, 3.63) is 17.0 Å². The third-order valence-corrected chi connectivity index (χ3v) is 3.57. The number of nitrogens with zero attached hydrogens (tertiary/aromatic N) is 2. The molecular weight excluding hydrogens is 218 g/mol. The fourth-order valence-electron chi connectivity index (χ4n) is 1.92. The molecular formula is C12H23N3S. The van der Waals surface area contributed by atoms with Gasteiger partial charge in [-0.2, -0.15) is 16.9 Å². The van der Waals surface area contributed by atoms with E-state index in [-0.39, 0.29) is 0 Å². The number of hydrogen-bond acceptors (Lipinski definition) is 3. The molecule has 0 atom stereocenters. The Morgan fingerprint density at radius 2 is 2.12 bits per heavy atom. The molecule has 92 valence electrons. The second kappa shape index (κ2) is 6.97. The highest BCUT2D eigenvalue weighted by Gasteiger charge is 2.10. The molecule has 0 radical (unpaired) electrons. The highest BCUT2D eigenvalue weighted by molar-refractivity contribution is 7.98. The molecule has 0 spiro atoms. The SMILES string of the molecule is CNCCc1c(C)nn(CCCSC)c1C. The van der Waals surface area contributed by atoms with Gasteiger partial charge in [-0.15, -0.1) is 0 Å². The normalized spacial score (nSPS) is 11.0. The summed E-state index contributed by atoms with van der Waals surface area (Å²) in [7, 11) is 1.99. The van der Waals surface area contributed by atoms with Gasteiger partial charge in [0.25, 0.3) is 0 Å². The minimum absolute atomic E-state index is 1.03. The number of likely N-dealkylation sites (N-methyl/N-ethyl adjacent to an activating group) is 1. The van der Waals surface area contributed by atoms with Crippen molar-refractivity contribution in [2.24, 2.45) is 0 Å². The Balaban J connectivity index is 2.64. The zero-order chi connectivity index (χ0) is 12.0. The summed E-state index contributed by atoms with van der Waals surface area (Å²) in [5, 5.41) is 7.81. The van der Waals surface area contributed by atoms with Gasteiger partial charge in [0.05, 0.1) is 5.69 Å². The Labute approximate surface area is 103 Å². The summed E-state index contributed by atoms with van der Waals surface area (Å²) in [5.41, 5.74) is 3.95. The first-order chi connectivity index (χ1) is 7.70. The number of aromatic nitrogens is 2. The summed E-state index contributed by atoms with van der Waals surface area (Å²) in [4.78, 5) is 0. The van der Waals surface area contributed by atoms with E-state index in [0.29, 0.717) is 0 Å². The van der Waals surface area contributed by atoms with Crippen LogP contribution < -0.4 is 5.32 Å². The standard InChI is InChI=1S/C12H23N3S/c1-10-12(6-7-13-3)11(2)15(14-10)8-5-9-16-4/h13H,5-9H2,1-4H3. The van der Waals surface area contributed by atoms with Gasteiger partial charge >= 0.3 is 0 Å². The minimum Gasteiger partial charge on any atom is -0.319 e. The second-order valence-corrected chi connectivity index (χ2v) is 5.06. The van der Waals surface area contributed by atoms with Crippen LogP contribution in [0.15, 0.2) is 0 Å². The third-order valence-electron chi connectivity index (χ3n) is 2.87. The van der Waals surface area contributed by atoms with Crippen molar-refractivity contribution in [3.63, 3.8) is 0 Å². The molecule has 0 aliphatic rings. The fraction of sp³-hybridized carbons (Fsp3) is 0.750. The Morgan fingerprint density at radius 3 is 2.75 bits per heavy atom.